The third kappa shape index (κ3) is 4.61. The minimum atomic E-state index is -0.445. The second-order valence-corrected chi connectivity index (χ2v) is 8.45. The molecule has 0 bridgehead atoms. The number of aromatic amines is 1. The predicted molar refractivity (Wildman–Crippen MR) is 110 cm³/mol. The Hall–Kier alpha value is -2.63. The minimum Gasteiger partial charge on any atom is -0.350 e. The summed E-state index contributed by atoms with van der Waals surface area (Å²) in [6, 6.07) is 9.24. The maximum atomic E-state index is 13.3. The number of rotatable bonds is 6. The summed E-state index contributed by atoms with van der Waals surface area (Å²) >= 11 is 0. The Balaban J connectivity index is 1.85. The molecule has 2 aromatic rings. The maximum Gasteiger partial charge on any atom is 0.272 e. The summed E-state index contributed by atoms with van der Waals surface area (Å²) in [7, 11) is 0. The zero-order chi connectivity index (χ0) is 20.3. The molecule has 3 rings (SSSR count). The fourth-order valence-electron chi connectivity index (χ4n) is 3.78. The molecule has 1 fully saturated rings. The first-order chi connectivity index (χ1) is 13.3. The van der Waals surface area contributed by atoms with Gasteiger partial charge in [0.2, 0.25) is 5.91 Å². The Kier molecular flexibility index (Phi) is 6.17. The van der Waals surface area contributed by atoms with E-state index in [9.17, 15) is 9.59 Å². The number of nitrogens with one attached hydrogen (secondary N) is 2. The number of piperazine rings is 1. The molecule has 6 heteroatoms. The second-order valence-electron chi connectivity index (χ2n) is 8.45. The molecule has 1 aliphatic heterocycles. The number of carbonyl (C=O) groups excluding carboxylic acids is 2. The standard InChI is InChI=1S/C22H30N4O2/c1-14(2)10-17-13-26(19(11-15(3)4)21(27)24-17)22(28)18-12-23-20(25-18)16-8-6-5-7-9-16/h5-9,12,14-15,17,19H,10-11,13H2,1-4H3,(H,23,25)(H,24,27). The van der Waals surface area contributed by atoms with Crippen LogP contribution in [0.1, 0.15) is 51.0 Å². The maximum absolute atomic E-state index is 13.3. The summed E-state index contributed by atoms with van der Waals surface area (Å²) in [4.78, 5) is 35.3. The average molecular weight is 383 g/mol. The van der Waals surface area contributed by atoms with Gasteiger partial charge < -0.3 is 15.2 Å². The van der Waals surface area contributed by atoms with Crippen LogP contribution in [-0.2, 0) is 4.79 Å². The largest absolute Gasteiger partial charge is 0.350 e. The number of benzene rings is 1. The number of amides is 2. The highest BCUT2D eigenvalue weighted by molar-refractivity contribution is 5.97. The number of hydrogen-bond acceptors (Lipinski definition) is 3. The van der Waals surface area contributed by atoms with Gasteiger partial charge in [0, 0.05) is 18.2 Å². The summed E-state index contributed by atoms with van der Waals surface area (Å²) in [6.45, 7) is 8.92. The summed E-state index contributed by atoms with van der Waals surface area (Å²) < 4.78 is 0. The minimum absolute atomic E-state index is 0.0172. The number of carbonyl (C=O) groups is 2. The lowest BCUT2D eigenvalue weighted by molar-refractivity contribution is -0.130. The fraction of sp³-hybridized carbons (Fsp3) is 0.500. The van der Waals surface area contributed by atoms with Gasteiger partial charge in [-0.1, -0.05) is 58.0 Å². The van der Waals surface area contributed by atoms with E-state index in [2.05, 4.69) is 43.0 Å². The number of aromatic nitrogens is 2. The van der Waals surface area contributed by atoms with Gasteiger partial charge in [-0.3, -0.25) is 9.59 Å². The molecule has 0 radical (unpaired) electrons. The van der Waals surface area contributed by atoms with Crippen molar-refractivity contribution in [3.05, 3.63) is 42.2 Å². The first kappa shape index (κ1) is 20.1. The van der Waals surface area contributed by atoms with Gasteiger partial charge in [0.1, 0.15) is 17.6 Å². The average Bonchev–Trinajstić information content (AvgIpc) is 3.13. The number of imidazole rings is 1. The van der Waals surface area contributed by atoms with E-state index in [4.69, 9.17) is 0 Å². The van der Waals surface area contributed by atoms with Crippen molar-refractivity contribution in [1.82, 2.24) is 20.2 Å². The van der Waals surface area contributed by atoms with Crippen molar-refractivity contribution in [3.63, 3.8) is 0 Å². The molecule has 2 amide bonds. The van der Waals surface area contributed by atoms with E-state index in [1.165, 1.54) is 0 Å². The smallest absolute Gasteiger partial charge is 0.272 e. The molecule has 2 N–H and O–H groups in total. The van der Waals surface area contributed by atoms with Crippen LogP contribution in [-0.4, -0.2) is 45.3 Å². The summed E-state index contributed by atoms with van der Waals surface area (Å²) in [6.07, 6.45) is 3.06. The molecule has 0 aliphatic carbocycles. The van der Waals surface area contributed by atoms with Crippen molar-refractivity contribution in [1.29, 1.82) is 0 Å². The highest BCUT2D eigenvalue weighted by atomic mass is 16.2. The molecule has 1 aromatic carbocycles. The van der Waals surface area contributed by atoms with Gasteiger partial charge in [0.25, 0.3) is 5.91 Å². The fourth-order valence-corrected chi connectivity index (χ4v) is 3.78. The number of nitrogens with zero attached hydrogens (tertiary/aromatic N) is 2. The van der Waals surface area contributed by atoms with E-state index in [0.717, 1.165) is 12.0 Å². The quantitative estimate of drug-likeness (QED) is 0.803. The van der Waals surface area contributed by atoms with Crippen LogP contribution in [0, 0.1) is 11.8 Å². The molecule has 1 aliphatic rings. The van der Waals surface area contributed by atoms with Crippen LogP contribution in [0.25, 0.3) is 11.4 Å². The number of H-pyrrole nitrogens is 1. The van der Waals surface area contributed by atoms with Crippen LogP contribution in [0.5, 0.6) is 0 Å². The molecule has 1 saturated heterocycles. The van der Waals surface area contributed by atoms with Crippen molar-refractivity contribution in [2.24, 2.45) is 11.8 Å². The normalized spacial score (nSPS) is 19.9. The Morgan fingerprint density at radius 3 is 2.46 bits per heavy atom. The number of hydrogen-bond donors (Lipinski definition) is 2. The predicted octanol–water partition coefficient (Wildman–Crippen LogP) is 3.48. The lowest BCUT2D eigenvalue weighted by Gasteiger charge is -2.40. The van der Waals surface area contributed by atoms with Crippen molar-refractivity contribution >= 4 is 11.8 Å². The first-order valence-electron chi connectivity index (χ1n) is 10.1. The Bertz CT molecular complexity index is 813. The van der Waals surface area contributed by atoms with Crippen LogP contribution in [0.15, 0.2) is 36.5 Å². The molecular formula is C22H30N4O2. The third-order valence-electron chi connectivity index (χ3n) is 5.01. The Labute approximate surface area is 166 Å². The molecule has 2 atom stereocenters. The van der Waals surface area contributed by atoms with Crippen molar-refractivity contribution in [2.45, 2.75) is 52.6 Å². The van der Waals surface area contributed by atoms with Crippen molar-refractivity contribution in [3.8, 4) is 11.4 Å². The second kappa shape index (κ2) is 8.59. The van der Waals surface area contributed by atoms with Gasteiger partial charge in [-0.15, -0.1) is 0 Å². The molecule has 0 saturated carbocycles. The van der Waals surface area contributed by atoms with Crippen molar-refractivity contribution < 1.29 is 9.59 Å². The summed E-state index contributed by atoms with van der Waals surface area (Å²) in [5, 5.41) is 3.11. The Morgan fingerprint density at radius 2 is 1.82 bits per heavy atom. The van der Waals surface area contributed by atoms with Gasteiger partial charge in [-0.25, -0.2) is 4.98 Å². The van der Waals surface area contributed by atoms with Gasteiger partial charge >= 0.3 is 0 Å². The zero-order valence-electron chi connectivity index (χ0n) is 17.1. The van der Waals surface area contributed by atoms with Gasteiger partial charge in [0.05, 0.1) is 6.20 Å². The molecule has 28 heavy (non-hydrogen) atoms. The van der Waals surface area contributed by atoms with E-state index >= 15 is 0 Å². The molecule has 0 spiro atoms. The third-order valence-corrected chi connectivity index (χ3v) is 5.01. The monoisotopic (exact) mass is 382 g/mol. The van der Waals surface area contributed by atoms with Crippen LogP contribution < -0.4 is 5.32 Å². The van der Waals surface area contributed by atoms with E-state index in [0.29, 0.717) is 36.3 Å². The molecule has 2 heterocycles. The zero-order valence-corrected chi connectivity index (χ0v) is 17.1. The van der Waals surface area contributed by atoms with E-state index in [1.807, 2.05) is 30.3 Å². The van der Waals surface area contributed by atoms with E-state index in [1.54, 1.807) is 11.1 Å². The van der Waals surface area contributed by atoms with Gasteiger partial charge in [-0.2, -0.15) is 0 Å². The highest BCUT2D eigenvalue weighted by Gasteiger charge is 2.38. The SMILES string of the molecule is CC(C)CC1CN(C(=O)c2cnc(-c3ccccc3)[nH]2)C(CC(C)C)C(=O)N1. The molecule has 6 nitrogen and oxygen atoms in total. The molecule has 150 valence electrons. The lowest BCUT2D eigenvalue weighted by atomic mass is 9.95. The molecule has 2 unspecified atom stereocenters. The van der Waals surface area contributed by atoms with Gasteiger partial charge in [-0.05, 0) is 24.7 Å². The summed E-state index contributed by atoms with van der Waals surface area (Å²) in [5.74, 6) is 1.20. The Morgan fingerprint density at radius 1 is 1.14 bits per heavy atom. The lowest BCUT2D eigenvalue weighted by Crippen LogP contribution is -2.62. The topological polar surface area (TPSA) is 78.1 Å². The molecule has 1 aromatic heterocycles. The summed E-state index contributed by atoms with van der Waals surface area (Å²) in [5.41, 5.74) is 1.35. The van der Waals surface area contributed by atoms with Crippen LogP contribution in [0.2, 0.25) is 0 Å². The van der Waals surface area contributed by atoms with Crippen LogP contribution in [0.3, 0.4) is 0 Å². The van der Waals surface area contributed by atoms with Crippen LogP contribution in [0.4, 0.5) is 0 Å². The van der Waals surface area contributed by atoms with Crippen molar-refractivity contribution in [2.75, 3.05) is 6.54 Å². The highest BCUT2D eigenvalue weighted by Crippen LogP contribution is 2.22. The van der Waals surface area contributed by atoms with E-state index in [-0.39, 0.29) is 17.9 Å². The molecular weight excluding hydrogens is 352 g/mol. The van der Waals surface area contributed by atoms with Gasteiger partial charge in [0.15, 0.2) is 0 Å². The first-order valence-corrected chi connectivity index (χ1v) is 10.1. The van der Waals surface area contributed by atoms with E-state index < -0.39 is 6.04 Å². The van der Waals surface area contributed by atoms with Crippen LogP contribution >= 0.6 is 0 Å².